The zero-order valence-corrected chi connectivity index (χ0v) is 12.6. The Morgan fingerprint density at radius 2 is 1.81 bits per heavy atom. The van der Waals surface area contributed by atoms with E-state index in [1.807, 2.05) is 0 Å². The maximum atomic E-state index is 12.6. The predicted octanol–water partition coefficient (Wildman–Crippen LogP) is 0.799. The molecule has 0 saturated carbocycles. The number of rotatable bonds is 5. The predicted molar refractivity (Wildman–Crippen MR) is 74.0 cm³/mol. The lowest BCUT2D eigenvalue weighted by Gasteiger charge is -2.17. The molecule has 7 nitrogen and oxygen atoms in total. The molecule has 0 radical (unpaired) electrons. The lowest BCUT2D eigenvalue weighted by molar-refractivity contribution is -0.141. The van der Waals surface area contributed by atoms with E-state index in [-0.39, 0.29) is 18.0 Å². The smallest absolute Gasteiger partial charge is 0.307 e. The van der Waals surface area contributed by atoms with Crippen molar-refractivity contribution in [2.24, 2.45) is 5.92 Å². The van der Waals surface area contributed by atoms with Crippen LogP contribution in [0.15, 0.2) is 23.1 Å². The van der Waals surface area contributed by atoms with Gasteiger partial charge < -0.3 is 14.6 Å². The molecular formula is C13H17NO6S. The molecule has 1 unspecified atom stereocenters. The van der Waals surface area contributed by atoms with Crippen LogP contribution in [0.2, 0.25) is 0 Å². The minimum atomic E-state index is -3.76. The number of hydrogen-bond acceptors (Lipinski definition) is 5. The number of aliphatic carboxylic acids is 1. The number of methoxy groups -OCH3 is 2. The van der Waals surface area contributed by atoms with Crippen LogP contribution in [0.1, 0.15) is 6.42 Å². The number of carboxylic acid groups (broad SMARTS) is 1. The van der Waals surface area contributed by atoms with Crippen molar-refractivity contribution in [3.8, 4) is 11.5 Å². The largest absolute Gasteiger partial charge is 0.497 e. The lowest BCUT2D eigenvalue weighted by atomic mass is 10.1. The number of carbonyl (C=O) groups is 1. The summed E-state index contributed by atoms with van der Waals surface area (Å²) >= 11 is 0. The fraction of sp³-hybridized carbons (Fsp3) is 0.462. The van der Waals surface area contributed by atoms with Crippen molar-refractivity contribution in [2.75, 3.05) is 27.3 Å². The van der Waals surface area contributed by atoms with Gasteiger partial charge in [-0.3, -0.25) is 4.79 Å². The Bertz CT molecular complexity index is 620. The van der Waals surface area contributed by atoms with E-state index < -0.39 is 21.9 Å². The molecule has 1 heterocycles. The molecule has 1 fully saturated rings. The molecule has 1 aliphatic heterocycles. The molecule has 0 spiro atoms. The van der Waals surface area contributed by atoms with E-state index in [0.717, 1.165) is 0 Å². The highest BCUT2D eigenvalue weighted by atomic mass is 32.2. The monoisotopic (exact) mass is 315 g/mol. The van der Waals surface area contributed by atoms with Gasteiger partial charge in [-0.15, -0.1) is 0 Å². The first-order valence-corrected chi connectivity index (χ1v) is 7.78. The van der Waals surface area contributed by atoms with Crippen LogP contribution in [-0.2, 0) is 14.8 Å². The molecule has 1 aromatic rings. The van der Waals surface area contributed by atoms with Crippen LogP contribution in [0.3, 0.4) is 0 Å². The van der Waals surface area contributed by atoms with E-state index >= 15 is 0 Å². The molecule has 1 aliphatic rings. The molecule has 21 heavy (non-hydrogen) atoms. The van der Waals surface area contributed by atoms with Gasteiger partial charge in [0, 0.05) is 31.3 Å². The molecule has 116 valence electrons. The maximum absolute atomic E-state index is 12.6. The minimum absolute atomic E-state index is 0.0167. The average Bonchev–Trinajstić information content (AvgIpc) is 2.97. The standard InChI is InChI=1S/C13H17NO6S/c1-19-10-5-11(20-2)7-12(6-10)21(17,18)14-4-3-9(8-14)13(15)16/h5-7,9H,3-4,8H2,1-2H3,(H,15,16). The third-order valence-electron chi connectivity index (χ3n) is 3.46. The molecule has 1 saturated heterocycles. The van der Waals surface area contributed by atoms with Crippen LogP contribution in [-0.4, -0.2) is 51.1 Å². The Morgan fingerprint density at radius 1 is 1.24 bits per heavy atom. The molecule has 0 aliphatic carbocycles. The Labute approximate surface area is 123 Å². The van der Waals surface area contributed by atoms with E-state index in [0.29, 0.717) is 17.9 Å². The number of sulfonamides is 1. The fourth-order valence-electron chi connectivity index (χ4n) is 2.23. The molecule has 0 bridgehead atoms. The first-order chi connectivity index (χ1) is 9.88. The summed E-state index contributed by atoms with van der Waals surface area (Å²) in [5, 5.41) is 8.97. The first kappa shape index (κ1) is 15.6. The zero-order chi connectivity index (χ0) is 15.6. The summed E-state index contributed by atoms with van der Waals surface area (Å²) in [4.78, 5) is 11.0. The SMILES string of the molecule is COc1cc(OC)cc(S(=O)(=O)N2CCC(C(=O)O)C2)c1. The van der Waals surface area contributed by atoms with E-state index in [2.05, 4.69) is 0 Å². The summed E-state index contributed by atoms with van der Waals surface area (Å²) in [6.45, 7) is 0.177. The summed E-state index contributed by atoms with van der Waals surface area (Å²) in [5.41, 5.74) is 0. The van der Waals surface area contributed by atoms with Gasteiger partial charge in [0.2, 0.25) is 10.0 Å². The molecule has 2 rings (SSSR count). The second-order valence-corrected chi connectivity index (χ2v) is 6.67. The highest BCUT2D eigenvalue weighted by molar-refractivity contribution is 7.89. The Morgan fingerprint density at radius 3 is 2.24 bits per heavy atom. The number of carboxylic acids is 1. The van der Waals surface area contributed by atoms with Gasteiger partial charge in [-0.25, -0.2) is 8.42 Å². The van der Waals surface area contributed by atoms with Crippen molar-refractivity contribution in [3.05, 3.63) is 18.2 Å². The fourth-order valence-corrected chi connectivity index (χ4v) is 3.78. The van der Waals surface area contributed by atoms with E-state index in [1.165, 1.54) is 30.7 Å². The summed E-state index contributed by atoms with van der Waals surface area (Å²) < 4.78 is 36.4. The first-order valence-electron chi connectivity index (χ1n) is 6.34. The summed E-state index contributed by atoms with van der Waals surface area (Å²) in [7, 11) is -0.896. The highest BCUT2D eigenvalue weighted by Crippen LogP contribution is 2.30. The molecular weight excluding hydrogens is 298 g/mol. The van der Waals surface area contributed by atoms with E-state index in [4.69, 9.17) is 14.6 Å². The van der Waals surface area contributed by atoms with Gasteiger partial charge in [0.1, 0.15) is 11.5 Å². The van der Waals surface area contributed by atoms with Gasteiger partial charge in [-0.1, -0.05) is 0 Å². The number of ether oxygens (including phenoxy) is 2. The van der Waals surface area contributed by atoms with E-state index in [1.54, 1.807) is 6.07 Å². The maximum Gasteiger partial charge on any atom is 0.307 e. The van der Waals surface area contributed by atoms with Gasteiger partial charge in [0.15, 0.2) is 0 Å². The van der Waals surface area contributed by atoms with Crippen molar-refractivity contribution in [3.63, 3.8) is 0 Å². The van der Waals surface area contributed by atoms with Crippen LogP contribution >= 0.6 is 0 Å². The second-order valence-electron chi connectivity index (χ2n) is 4.74. The van der Waals surface area contributed by atoms with Crippen LogP contribution < -0.4 is 9.47 Å². The molecule has 8 heteroatoms. The van der Waals surface area contributed by atoms with Crippen LogP contribution in [0, 0.1) is 5.92 Å². The Hall–Kier alpha value is -1.80. The quantitative estimate of drug-likeness (QED) is 0.864. The average molecular weight is 315 g/mol. The molecule has 0 amide bonds. The van der Waals surface area contributed by atoms with Crippen molar-refractivity contribution < 1.29 is 27.8 Å². The minimum Gasteiger partial charge on any atom is -0.497 e. The molecule has 0 aromatic heterocycles. The van der Waals surface area contributed by atoms with Gasteiger partial charge >= 0.3 is 5.97 Å². The lowest BCUT2D eigenvalue weighted by Crippen LogP contribution is -2.30. The van der Waals surface area contributed by atoms with Crippen molar-refractivity contribution in [2.45, 2.75) is 11.3 Å². The number of benzene rings is 1. The van der Waals surface area contributed by atoms with Crippen molar-refractivity contribution >= 4 is 16.0 Å². The zero-order valence-electron chi connectivity index (χ0n) is 11.8. The summed E-state index contributed by atoms with van der Waals surface area (Å²) in [6, 6.07) is 4.36. The van der Waals surface area contributed by atoms with Crippen molar-refractivity contribution in [1.29, 1.82) is 0 Å². The van der Waals surface area contributed by atoms with Gasteiger partial charge in [-0.2, -0.15) is 4.31 Å². The van der Waals surface area contributed by atoms with Crippen molar-refractivity contribution in [1.82, 2.24) is 4.31 Å². The van der Waals surface area contributed by atoms with Gasteiger partial charge in [0.05, 0.1) is 25.0 Å². The third kappa shape index (κ3) is 3.11. The topological polar surface area (TPSA) is 93.1 Å². The summed E-state index contributed by atoms with van der Waals surface area (Å²) in [5.74, 6) is -0.910. The normalized spacial score (nSPS) is 19.4. The third-order valence-corrected chi connectivity index (χ3v) is 5.31. The number of nitrogens with zero attached hydrogens (tertiary/aromatic N) is 1. The van der Waals surface area contributed by atoms with Gasteiger partial charge in [0.25, 0.3) is 0 Å². The second kappa shape index (κ2) is 5.90. The Balaban J connectivity index is 2.34. The Kier molecular flexibility index (Phi) is 4.38. The van der Waals surface area contributed by atoms with Crippen LogP contribution in [0.5, 0.6) is 11.5 Å². The molecule has 1 atom stereocenters. The van der Waals surface area contributed by atoms with E-state index in [9.17, 15) is 13.2 Å². The molecule has 1 N–H and O–H groups in total. The summed E-state index contributed by atoms with van der Waals surface area (Å²) in [6.07, 6.45) is 0.315. The highest BCUT2D eigenvalue weighted by Gasteiger charge is 2.36. The molecule has 1 aromatic carbocycles. The van der Waals surface area contributed by atoms with Crippen LogP contribution in [0.4, 0.5) is 0 Å². The number of hydrogen-bond donors (Lipinski definition) is 1. The van der Waals surface area contributed by atoms with Crippen LogP contribution in [0.25, 0.3) is 0 Å². The van der Waals surface area contributed by atoms with Gasteiger partial charge in [-0.05, 0) is 6.42 Å².